The van der Waals surface area contributed by atoms with Crippen molar-refractivity contribution < 1.29 is 25.9 Å². The van der Waals surface area contributed by atoms with Gasteiger partial charge < -0.3 is 4.18 Å². The highest BCUT2D eigenvalue weighted by molar-refractivity contribution is 7.89. The molecule has 0 unspecified atom stereocenters. The minimum Gasteiger partial charge on any atom is -0.379 e. The van der Waals surface area contributed by atoms with Crippen LogP contribution in [-0.2, 0) is 25.6 Å². The van der Waals surface area contributed by atoms with Crippen molar-refractivity contribution in [2.45, 2.75) is 36.0 Å². The fraction of sp³-hybridized carbons (Fsp3) is 0.333. The first-order chi connectivity index (χ1) is 13.2. The van der Waals surface area contributed by atoms with Crippen LogP contribution in [0.5, 0.6) is 5.75 Å². The van der Waals surface area contributed by atoms with Crippen LogP contribution >= 0.6 is 0 Å². The molecule has 0 saturated carbocycles. The number of sulfonamides is 1. The lowest BCUT2D eigenvalue weighted by molar-refractivity contribution is -0.388. The molecule has 2 rings (SSSR count). The average Bonchev–Trinajstić information content (AvgIpc) is 2.60. The third-order valence-corrected chi connectivity index (χ3v) is 7.19. The maximum atomic E-state index is 12.7. The van der Waals surface area contributed by atoms with Gasteiger partial charge in [-0.1, -0.05) is 32.9 Å². The zero-order chi connectivity index (χ0) is 22.2. The van der Waals surface area contributed by atoms with Gasteiger partial charge in [-0.3, -0.25) is 10.1 Å². The molecule has 0 heterocycles. The summed E-state index contributed by atoms with van der Waals surface area (Å²) in [5, 5.41) is 11.4. The molecule has 2 aromatic carbocycles. The van der Waals surface area contributed by atoms with Crippen molar-refractivity contribution in [1.29, 1.82) is 0 Å². The highest BCUT2D eigenvalue weighted by Gasteiger charge is 2.31. The Balaban J connectivity index is 2.54. The van der Waals surface area contributed by atoms with Crippen molar-refractivity contribution in [2.24, 2.45) is 0 Å². The molecule has 2 aromatic rings. The molecule has 158 valence electrons. The van der Waals surface area contributed by atoms with Gasteiger partial charge in [0.25, 0.3) is 5.69 Å². The molecule has 0 bridgehead atoms. The van der Waals surface area contributed by atoms with Crippen LogP contribution in [0.3, 0.4) is 0 Å². The van der Waals surface area contributed by atoms with E-state index >= 15 is 0 Å². The van der Waals surface area contributed by atoms with Gasteiger partial charge >= 0.3 is 10.1 Å². The van der Waals surface area contributed by atoms with Gasteiger partial charge in [0, 0.05) is 20.2 Å². The van der Waals surface area contributed by atoms with Crippen LogP contribution in [0.25, 0.3) is 0 Å². The number of hydrogen-bond acceptors (Lipinski definition) is 7. The number of rotatable bonds is 6. The molecule has 0 fully saturated rings. The van der Waals surface area contributed by atoms with Crippen LogP contribution in [0, 0.1) is 10.1 Å². The lowest BCUT2D eigenvalue weighted by Crippen LogP contribution is -2.22. The first kappa shape index (κ1) is 22.8. The SMILES string of the molecule is CN(C)S(=O)(=O)c1ccc(S(=O)(=O)Oc2cccc(C(C)(C)C)c2)c([N+](=O)[O-])c1. The smallest absolute Gasteiger partial charge is 0.346 e. The van der Waals surface area contributed by atoms with E-state index in [1.54, 1.807) is 6.07 Å². The number of benzene rings is 2. The lowest BCUT2D eigenvalue weighted by atomic mass is 9.87. The molecule has 9 nitrogen and oxygen atoms in total. The summed E-state index contributed by atoms with van der Waals surface area (Å²) >= 11 is 0. The molecule has 11 heteroatoms. The summed E-state index contributed by atoms with van der Waals surface area (Å²) in [6, 6.07) is 8.94. The largest absolute Gasteiger partial charge is 0.379 e. The van der Waals surface area contributed by atoms with E-state index in [0.717, 1.165) is 22.0 Å². The van der Waals surface area contributed by atoms with Crippen molar-refractivity contribution in [3.63, 3.8) is 0 Å². The maximum Gasteiger partial charge on any atom is 0.346 e. The molecule has 0 atom stereocenters. The quantitative estimate of drug-likeness (QED) is 0.383. The molecule has 29 heavy (non-hydrogen) atoms. The topological polar surface area (TPSA) is 124 Å². The van der Waals surface area contributed by atoms with E-state index in [0.29, 0.717) is 6.07 Å². The summed E-state index contributed by atoms with van der Waals surface area (Å²) in [5.74, 6) is -0.00304. The van der Waals surface area contributed by atoms with E-state index in [4.69, 9.17) is 4.18 Å². The second-order valence-corrected chi connectivity index (χ2v) is 11.2. The standard InChI is InChI=1S/C18H22N2O7S2/c1-18(2,3)13-7-6-8-14(11-13)27-29(25,26)17-10-9-15(12-16(17)20(21)22)28(23,24)19(4)5/h6-12H,1-5H3. The molecule has 0 spiro atoms. The van der Waals surface area contributed by atoms with Gasteiger partial charge in [0.05, 0.1) is 9.82 Å². The van der Waals surface area contributed by atoms with Crippen molar-refractivity contribution in [3.05, 3.63) is 58.1 Å². The molecule has 0 aliphatic carbocycles. The highest BCUT2D eigenvalue weighted by Crippen LogP contribution is 2.31. The van der Waals surface area contributed by atoms with Crippen LogP contribution in [0.1, 0.15) is 26.3 Å². The fourth-order valence-electron chi connectivity index (χ4n) is 2.41. The average molecular weight is 443 g/mol. The molecule has 0 aliphatic rings. The summed E-state index contributed by atoms with van der Waals surface area (Å²) in [5.41, 5.74) is -0.343. The summed E-state index contributed by atoms with van der Waals surface area (Å²) in [6.45, 7) is 5.82. The van der Waals surface area contributed by atoms with Gasteiger partial charge in [0.15, 0.2) is 4.90 Å². The van der Waals surface area contributed by atoms with Crippen LogP contribution in [0.15, 0.2) is 52.3 Å². The predicted octanol–water partition coefficient (Wildman–Crippen LogP) is 2.91. The number of nitro groups is 1. The van der Waals surface area contributed by atoms with Gasteiger partial charge in [-0.25, -0.2) is 12.7 Å². The summed E-state index contributed by atoms with van der Waals surface area (Å²) in [4.78, 5) is 9.34. The first-order valence-corrected chi connectivity index (χ1v) is 11.3. The van der Waals surface area contributed by atoms with Crippen LogP contribution < -0.4 is 4.18 Å². The fourth-order valence-corrected chi connectivity index (χ4v) is 4.40. The van der Waals surface area contributed by atoms with Gasteiger partial charge in [-0.15, -0.1) is 0 Å². The van der Waals surface area contributed by atoms with E-state index in [1.165, 1.54) is 26.2 Å². The third-order valence-electron chi connectivity index (χ3n) is 4.08. The monoisotopic (exact) mass is 442 g/mol. The zero-order valence-electron chi connectivity index (χ0n) is 16.6. The van der Waals surface area contributed by atoms with Gasteiger partial charge in [-0.05, 0) is 35.2 Å². The highest BCUT2D eigenvalue weighted by atomic mass is 32.2. The normalized spacial score (nSPS) is 12.8. The Morgan fingerprint density at radius 1 is 1.00 bits per heavy atom. The molecule has 0 N–H and O–H groups in total. The Kier molecular flexibility index (Phi) is 6.07. The maximum absolute atomic E-state index is 12.7. The molecular formula is C18H22N2O7S2. The molecule has 0 aliphatic heterocycles. The molecular weight excluding hydrogens is 420 g/mol. The van der Waals surface area contributed by atoms with Crippen LogP contribution in [-0.4, -0.2) is 40.2 Å². The first-order valence-electron chi connectivity index (χ1n) is 8.42. The van der Waals surface area contributed by atoms with Crippen molar-refractivity contribution in [3.8, 4) is 5.75 Å². The third kappa shape index (κ3) is 4.92. The number of hydrogen-bond donors (Lipinski definition) is 0. The van der Waals surface area contributed by atoms with Crippen LogP contribution in [0.2, 0.25) is 0 Å². The van der Waals surface area contributed by atoms with Crippen LogP contribution in [0.4, 0.5) is 5.69 Å². The molecule has 0 radical (unpaired) electrons. The Hall–Kier alpha value is -2.50. The Morgan fingerprint density at radius 2 is 1.62 bits per heavy atom. The predicted molar refractivity (Wildman–Crippen MR) is 107 cm³/mol. The molecule has 0 amide bonds. The Morgan fingerprint density at radius 3 is 2.14 bits per heavy atom. The van der Waals surface area contributed by atoms with Gasteiger partial charge in [0.2, 0.25) is 10.0 Å². The molecule has 0 aromatic heterocycles. The Labute approximate surface area is 170 Å². The number of nitro benzene ring substituents is 1. The van der Waals surface area contributed by atoms with E-state index in [1.807, 2.05) is 26.8 Å². The van der Waals surface area contributed by atoms with E-state index in [-0.39, 0.29) is 11.2 Å². The minimum absolute atomic E-state index is 0.00304. The summed E-state index contributed by atoms with van der Waals surface area (Å²) in [7, 11) is -6.04. The van der Waals surface area contributed by atoms with E-state index < -0.39 is 40.5 Å². The van der Waals surface area contributed by atoms with Crippen molar-refractivity contribution in [2.75, 3.05) is 14.1 Å². The van der Waals surface area contributed by atoms with Gasteiger partial charge in [-0.2, -0.15) is 8.42 Å². The van der Waals surface area contributed by atoms with Crippen molar-refractivity contribution in [1.82, 2.24) is 4.31 Å². The number of nitrogens with zero attached hydrogens (tertiary/aromatic N) is 2. The molecule has 0 saturated heterocycles. The van der Waals surface area contributed by atoms with E-state index in [2.05, 4.69) is 0 Å². The zero-order valence-corrected chi connectivity index (χ0v) is 18.2. The lowest BCUT2D eigenvalue weighted by Gasteiger charge is -2.19. The van der Waals surface area contributed by atoms with E-state index in [9.17, 15) is 26.9 Å². The van der Waals surface area contributed by atoms with Crippen molar-refractivity contribution >= 4 is 25.8 Å². The summed E-state index contributed by atoms with van der Waals surface area (Å²) < 4.78 is 55.8. The minimum atomic E-state index is -4.58. The van der Waals surface area contributed by atoms with Gasteiger partial charge in [0.1, 0.15) is 5.75 Å². The second-order valence-electron chi connectivity index (χ2n) is 7.49. The second kappa shape index (κ2) is 7.73. The Bertz CT molecular complexity index is 1150. The summed E-state index contributed by atoms with van der Waals surface area (Å²) in [6.07, 6.45) is 0.